The molecule has 0 bridgehead atoms. The first kappa shape index (κ1) is 24.7. The molecule has 164 valence electrons. The topological polar surface area (TPSA) is 107 Å². The van der Waals surface area contributed by atoms with E-state index >= 15 is 0 Å². The first-order valence-electron chi connectivity index (χ1n) is 8.05. The zero-order chi connectivity index (χ0) is 22.7. The van der Waals surface area contributed by atoms with Gasteiger partial charge in [-0.25, -0.2) is 0 Å². The number of carbonyl (C=O) groups excluding carboxylic acids is 1. The summed E-state index contributed by atoms with van der Waals surface area (Å²) in [6.45, 7) is 3.94. The Balaban J connectivity index is 0.000000291. The molecule has 0 saturated heterocycles. The van der Waals surface area contributed by atoms with Crippen molar-refractivity contribution in [2.24, 2.45) is 5.73 Å². The molecule has 0 atom stereocenters. The van der Waals surface area contributed by atoms with Crippen LogP contribution in [-0.2, 0) is 6.54 Å². The summed E-state index contributed by atoms with van der Waals surface area (Å²) in [4.78, 5) is 9.22. The fourth-order valence-electron chi connectivity index (χ4n) is 2.22. The standard InChI is InChI=1S/C9H13N3OS.C8H10F5NS/c1-4(5(2)10)7-8(11)6(3-13)14-9(7)12;1-14-6-7-2-4-8(5-3-7)15(9,10,11,12)13/h3H,10-12H2,1-2H3;2-5,14H,6H2,1H3/b5-4-;. The van der Waals surface area contributed by atoms with E-state index in [2.05, 4.69) is 5.32 Å². The van der Waals surface area contributed by atoms with Crippen molar-refractivity contribution in [3.05, 3.63) is 46.0 Å². The highest BCUT2D eigenvalue weighted by molar-refractivity contribution is 8.45. The Morgan fingerprint density at radius 1 is 1.10 bits per heavy atom. The first-order chi connectivity index (χ1) is 13.0. The summed E-state index contributed by atoms with van der Waals surface area (Å²) in [6.07, 6.45) is 0.707. The number of carbonyl (C=O) groups is 1. The highest BCUT2D eigenvalue weighted by atomic mass is 32.5. The average Bonchev–Trinajstić information content (AvgIpc) is 2.87. The highest BCUT2D eigenvalue weighted by Crippen LogP contribution is 3.02. The Morgan fingerprint density at radius 3 is 1.97 bits per heavy atom. The zero-order valence-electron chi connectivity index (χ0n) is 15.9. The monoisotopic (exact) mass is 458 g/mol. The lowest BCUT2D eigenvalue weighted by Gasteiger charge is -2.40. The van der Waals surface area contributed by atoms with Crippen molar-refractivity contribution in [2.45, 2.75) is 25.3 Å². The van der Waals surface area contributed by atoms with Gasteiger partial charge in [0.05, 0.1) is 15.6 Å². The number of nitrogens with one attached hydrogen (secondary N) is 1. The van der Waals surface area contributed by atoms with Crippen LogP contribution >= 0.6 is 21.6 Å². The number of nitrogens with two attached hydrogens (primary N) is 3. The molecule has 0 saturated carbocycles. The predicted octanol–water partition coefficient (Wildman–Crippen LogP) is 5.50. The maximum Gasteiger partial charge on any atom is 0.310 e. The van der Waals surface area contributed by atoms with Crippen molar-refractivity contribution < 1.29 is 24.2 Å². The normalized spacial score (nSPS) is 14.8. The molecule has 0 spiro atoms. The lowest BCUT2D eigenvalue weighted by molar-refractivity contribution is 0.112. The molecule has 0 fully saturated rings. The molecule has 0 unspecified atom stereocenters. The van der Waals surface area contributed by atoms with Crippen LogP contribution in [0.25, 0.3) is 5.57 Å². The third-order valence-electron chi connectivity index (χ3n) is 3.82. The Kier molecular flexibility index (Phi) is 6.69. The number of hydrogen-bond acceptors (Lipinski definition) is 6. The third kappa shape index (κ3) is 6.61. The van der Waals surface area contributed by atoms with Crippen molar-refractivity contribution in [1.82, 2.24) is 5.32 Å². The second kappa shape index (κ2) is 7.84. The molecule has 0 amide bonds. The van der Waals surface area contributed by atoms with Crippen LogP contribution in [0.4, 0.5) is 30.1 Å². The van der Waals surface area contributed by atoms with E-state index in [-0.39, 0.29) is 0 Å². The number of thiophene rings is 1. The SMILES string of the molecule is C/C(N)=C(\C)c1c(N)sc(C=O)c1N.CNCc1ccc(S(F)(F)(F)(F)F)cc1. The van der Waals surface area contributed by atoms with Gasteiger partial charge < -0.3 is 22.5 Å². The van der Waals surface area contributed by atoms with Crippen LogP contribution in [0.1, 0.15) is 34.6 Å². The number of hydrogen-bond donors (Lipinski definition) is 4. The summed E-state index contributed by atoms with van der Waals surface area (Å²) in [6, 6.07) is 2.88. The molecule has 1 heterocycles. The van der Waals surface area contributed by atoms with E-state index < -0.39 is 15.1 Å². The van der Waals surface area contributed by atoms with Gasteiger partial charge in [-0.15, -0.1) is 11.3 Å². The molecule has 0 aliphatic heterocycles. The summed E-state index contributed by atoms with van der Waals surface area (Å²) in [7, 11) is -7.89. The van der Waals surface area contributed by atoms with Crippen LogP contribution in [0, 0.1) is 0 Å². The van der Waals surface area contributed by atoms with Crippen LogP contribution in [0.5, 0.6) is 0 Å². The minimum atomic E-state index is -9.50. The quantitative estimate of drug-likeness (QED) is 0.350. The molecule has 2 rings (SSSR count). The van der Waals surface area contributed by atoms with Crippen LogP contribution in [0.2, 0.25) is 0 Å². The van der Waals surface area contributed by atoms with Gasteiger partial charge in [-0.05, 0) is 44.2 Å². The molecule has 5 nitrogen and oxygen atoms in total. The highest BCUT2D eigenvalue weighted by Gasteiger charge is 2.65. The van der Waals surface area contributed by atoms with E-state index in [9.17, 15) is 24.2 Å². The van der Waals surface area contributed by atoms with Crippen molar-refractivity contribution in [3.63, 3.8) is 0 Å². The van der Waals surface area contributed by atoms with Crippen molar-refractivity contribution >= 4 is 44.1 Å². The Labute approximate surface area is 169 Å². The molecule has 12 heteroatoms. The lowest BCUT2D eigenvalue weighted by Crippen LogP contribution is -2.08. The second-order valence-electron chi connectivity index (χ2n) is 6.19. The van der Waals surface area contributed by atoms with Gasteiger partial charge in [0.25, 0.3) is 0 Å². The van der Waals surface area contributed by atoms with E-state index in [1.807, 2.05) is 6.92 Å². The number of benzene rings is 1. The molecule has 0 aliphatic rings. The van der Waals surface area contributed by atoms with Gasteiger partial charge in [0.1, 0.15) is 4.90 Å². The fraction of sp³-hybridized carbons (Fsp3) is 0.235. The van der Waals surface area contributed by atoms with Crippen molar-refractivity contribution in [2.75, 3.05) is 18.5 Å². The van der Waals surface area contributed by atoms with Crippen LogP contribution in [0.3, 0.4) is 0 Å². The van der Waals surface area contributed by atoms with Gasteiger partial charge in [0.2, 0.25) is 0 Å². The van der Waals surface area contributed by atoms with Crippen LogP contribution in [-0.4, -0.2) is 13.3 Å². The summed E-state index contributed by atoms with van der Waals surface area (Å²) >= 11 is 1.18. The van der Waals surface area contributed by atoms with E-state index in [0.717, 1.165) is 17.7 Å². The van der Waals surface area contributed by atoms with Gasteiger partial charge in [0, 0.05) is 17.8 Å². The summed E-state index contributed by atoms with van der Waals surface area (Å²) in [5.74, 6) is 0. The van der Waals surface area contributed by atoms with Crippen molar-refractivity contribution in [3.8, 4) is 0 Å². The van der Waals surface area contributed by atoms with Gasteiger partial charge in [0.15, 0.2) is 6.29 Å². The number of nitrogen functional groups attached to an aromatic ring is 2. The second-order valence-corrected chi connectivity index (χ2v) is 9.68. The molecule has 0 aliphatic carbocycles. The molecule has 1 aromatic heterocycles. The van der Waals surface area contributed by atoms with Gasteiger partial charge in [-0.3, -0.25) is 4.79 Å². The number of anilines is 2. The molecule has 7 N–H and O–H groups in total. The molecule has 1 aromatic carbocycles. The summed E-state index contributed by atoms with van der Waals surface area (Å²) in [5, 5.41) is 3.24. The Morgan fingerprint density at radius 2 is 1.62 bits per heavy atom. The molecular weight excluding hydrogens is 435 g/mol. The van der Waals surface area contributed by atoms with Crippen LogP contribution < -0.4 is 22.5 Å². The lowest BCUT2D eigenvalue weighted by atomic mass is 10.1. The maximum absolute atomic E-state index is 12.2. The van der Waals surface area contributed by atoms with Gasteiger partial charge in [-0.1, -0.05) is 31.6 Å². The Hall–Kier alpha value is -2.31. The van der Waals surface area contributed by atoms with Gasteiger partial charge in [-0.2, -0.15) is 0 Å². The van der Waals surface area contributed by atoms with E-state index in [4.69, 9.17) is 17.2 Å². The summed E-state index contributed by atoms with van der Waals surface area (Å²) in [5.41, 5.74) is 20.3. The first-order valence-corrected chi connectivity index (χ1v) is 10.8. The zero-order valence-corrected chi connectivity index (χ0v) is 17.6. The number of rotatable bonds is 5. The minimum Gasteiger partial charge on any atom is -0.402 e. The fourth-order valence-corrected chi connectivity index (χ4v) is 3.73. The van der Waals surface area contributed by atoms with Crippen LogP contribution in [0.15, 0.2) is 34.9 Å². The number of aldehydes is 1. The van der Waals surface area contributed by atoms with E-state index in [1.54, 1.807) is 14.0 Å². The number of allylic oxidation sites excluding steroid dienone is 2. The average molecular weight is 459 g/mol. The molecular formula is C17H23F5N4OS2. The largest absolute Gasteiger partial charge is 0.402 e. The van der Waals surface area contributed by atoms with E-state index in [0.29, 0.717) is 57.4 Å². The Bertz CT molecular complexity index is 919. The summed E-state index contributed by atoms with van der Waals surface area (Å²) < 4.78 is 61.2. The predicted molar refractivity (Wildman–Crippen MR) is 112 cm³/mol. The van der Waals surface area contributed by atoms with Crippen molar-refractivity contribution in [1.29, 1.82) is 0 Å². The van der Waals surface area contributed by atoms with Gasteiger partial charge >= 0.3 is 10.2 Å². The minimum absolute atomic E-state index is 0.334. The maximum atomic E-state index is 12.2. The van der Waals surface area contributed by atoms with E-state index in [1.165, 1.54) is 11.3 Å². The molecule has 29 heavy (non-hydrogen) atoms. The third-order valence-corrected chi connectivity index (χ3v) is 5.95. The molecule has 2 aromatic rings. The smallest absolute Gasteiger partial charge is 0.310 e. The number of halogens is 5. The molecule has 0 radical (unpaired) electrons.